The smallest absolute Gasteiger partial charge is 0.545 e. The molecule has 2 aliphatic carbocycles. The van der Waals surface area contributed by atoms with Crippen molar-refractivity contribution < 1.29 is 162 Å². The van der Waals surface area contributed by atoms with Crippen LogP contribution in [-0.2, 0) is 55.3 Å². The number of aromatic carboxylic acids is 2. The van der Waals surface area contributed by atoms with Crippen molar-refractivity contribution in [2.24, 2.45) is 11.8 Å². The molecular weight excluding hydrogens is 1540 g/mol. The standard InChI is InChI=1S/2C43H48N4O8S.K.Na.H2O/c2*1-2-47(35-21-17-32(18-22-35)43(52)53)56(54,55)37-8-6-7-33(27-37)40(48)45-39-24-23-36(46-25-4-3-5-26-46)28-38(39)41(49)44-34-19-13-30(14-20-34)10-9-29-11-15-31(16-12-29)42(50)51;;;/h2*6-8,11-16,19-20,23-24,27-28,32,35H,2-5,9-10,17-18,21-22,25-26H2,1H3,(H,44,49)(H,45,48)(H,50,51)(H,52,53);;;1H2/q;;2*+1;/p-2/t2*32-,35-;;;. The molecule has 0 atom stereocenters. The number of rotatable bonds is 28. The Bertz CT molecular complexity index is 4650. The van der Waals surface area contributed by atoms with Crippen molar-refractivity contribution in [2.45, 2.75) is 151 Å². The van der Waals surface area contributed by atoms with Crippen LogP contribution < -0.4 is 122 Å². The SMILES string of the molecule is CCN([C@H]1CC[C@H](C(=O)O)CC1)S(=O)(=O)c1cccc(C(=O)Nc2ccc(N3CCCCC3)cc2C(=O)Nc2ccc(CCc3ccc(C(=O)[O-])cc3)cc2)c1.CCN([C@H]1CC[C@H](C(=O)O)CC1)S(=O)(=O)c1cccc(C(=O)Nc2ccc(N3CCCCC3)cc2C(=O)Nc2ccc(CCc3ccc(C(=O)[O-])cc3)cc2)c1.O.[K+].[Na+]. The van der Waals surface area contributed by atoms with E-state index in [0.29, 0.717) is 88.4 Å². The van der Waals surface area contributed by atoms with Crippen LogP contribution in [0.15, 0.2) is 192 Å². The van der Waals surface area contributed by atoms with Gasteiger partial charge in [-0.2, -0.15) is 8.61 Å². The second kappa shape index (κ2) is 43.1. The van der Waals surface area contributed by atoms with Crippen LogP contribution in [0.1, 0.15) is 188 Å². The molecule has 12 rings (SSSR count). The fourth-order valence-electron chi connectivity index (χ4n) is 15.2. The zero-order chi connectivity index (χ0) is 79.6. The van der Waals surface area contributed by atoms with Crippen LogP contribution in [0.25, 0.3) is 0 Å². The van der Waals surface area contributed by atoms with Crippen LogP contribution in [0.4, 0.5) is 34.1 Å². The number of hydrogen-bond donors (Lipinski definition) is 6. The number of nitrogens with zero attached hydrogens (tertiary/aromatic N) is 4. The number of carboxylic acid groups (broad SMARTS) is 4. The number of hydrogen-bond acceptors (Lipinski definition) is 16. The predicted molar refractivity (Wildman–Crippen MR) is 428 cm³/mol. The third kappa shape index (κ3) is 24.4. The summed E-state index contributed by atoms with van der Waals surface area (Å²) in [6.45, 7) is 7.31. The molecule has 0 bridgehead atoms. The number of nitrogens with one attached hydrogen (secondary N) is 4. The molecule has 596 valence electrons. The van der Waals surface area contributed by atoms with Crippen LogP contribution >= 0.6 is 0 Å². The van der Waals surface area contributed by atoms with Gasteiger partial charge in [-0.3, -0.25) is 28.8 Å². The van der Waals surface area contributed by atoms with Gasteiger partial charge in [0.05, 0.1) is 56.1 Å². The van der Waals surface area contributed by atoms with Gasteiger partial charge in [0.1, 0.15) is 0 Å². The molecule has 0 spiro atoms. The molecule has 0 unspecified atom stereocenters. The van der Waals surface area contributed by atoms with Crippen molar-refractivity contribution >= 4 is 102 Å². The van der Waals surface area contributed by atoms with Crippen LogP contribution in [-0.4, -0.2) is 140 Å². The molecule has 8 aromatic carbocycles. The maximum atomic E-state index is 13.9. The van der Waals surface area contributed by atoms with Gasteiger partial charge in [-0.15, -0.1) is 0 Å². The van der Waals surface area contributed by atoms with E-state index in [1.54, 1.807) is 62.4 Å². The average molecular weight is 1640 g/mol. The van der Waals surface area contributed by atoms with Gasteiger partial charge < -0.3 is 66.6 Å². The molecule has 2 aliphatic heterocycles. The minimum atomic E-state index is -4.00. The Balaban J connectivity index is 0.000000280. The summed E-state index contributed by atoms with van der Waals surface area (Å²) >= 11 is 0. The first kappa shape index (κ1) is 92.1. The van der Waals surface area contributed by atoms with Crippen LogP contribution in [0, 0.1) is 11.8 Å². The minimum absolute atomic E-state index is 0. The predicted octanol–water partition coefficient (Wildman–Crippen LogP) is 5.15. The van der Waals surface area contributed by atoms with E-state index < -0.39 is 79.4 Å². The third-order valence-corrected chi connectivity index (χ3v) is 25.6. The van der Waals surface area contributed by atoms with E-state index in [0.717, 1.165) is 98.3 Å². The first-order valence-electron chi connectivity index (χ1n) is 38.4. The molecule has 29 heteroatoms. The summed E-state index contributed by atoms with van der Waals surface area (Å²) in [4.78, 5) is 105. The number of aliphatic carboxylic acids is 2. The molecule has 8 N–H and O–H groups in total. The van der Waals surface area contributed by atoms with Crippen LogP contribution in [0.3, 0.4) is 0 Å². The summed E-state index contributed by atoms with van der Waals surface area (Å²) in [6, 6.07) is 49.8. The van der Waals surface area contributed by atoms with E-state index in [1.165, 1.54) is 81.4 Å². The molecule has 0 radical (unpaired) electrons. The summed E-state index contributed by atoms with van der Waals surface area (Å²) in [6.07, 6.45) is 12.6. The van der Waals surface area contributed by atoms with Gasteiger partial charge >= 0.3 is 92.9 Å². The summed E-state index contributed by atoms with van der Waals surface area (Å²) in [5, 5.41) is 52.5. The molecule has 115 heavy (non-hydrogen) atoms. The Hall–Kier alpha value is -8.46. The largest absolute Gasteiger partial charge is 1.00 e. The van der Waals surface area contributed by atoms with Crippen molar-refractivity contribution in [3.63, 3.8) is 0 Å². The zero-order valence-electron chi connectivity index (χ0n) is 65.3. The van der Waals surface area contributed by atoms with Crippen molar-refractivity contribution in [2.75, 3.05) is 70.3 Å². The van der Waals surface area contributed by atoms with Crippen molar-refractivity contribution in [3.8, 4) is 0 Å². The second-order valence-electron chi connectivity index (χ2n) is 28.9. The van der Waals surface area contributed by atoms with E-state index >= 15 is 0 Å². The summed E-state index contributed by atoms with van der Waals surface area (Å²) < 4.78 is 58.3. The fraction of sp³-hybridized carbons (Fsp3) is 0.349. The Labute approximate surface area is 736 Å². The molecule has 8 aromatic rings. The monoisotopic (exact) mass is 1640 g/mol. The van der Waals surface area contributed by atoms with Gasteiger partial charge in [-0.25, -0.2) is 16.8 Å². The third-order valence-electron chi connectivity index (χ3n) is 21.6. The number of sulfonamides is 2. The van der Waals surface area contributed by atoms with Gasteiger partial charge in [0.15, 0.2) is 0 Å². The Morgan fingerprint density at radius 3 is 1.01 bits per heavy atom. The molecule has 2 saturated heterocycles. The first-order chi connectivity index (χ1) is 53.8. The average Bonchev–Trinajstić information content (AvgIpc) is 0.803. The summed E-state index contributed by atoms with van der Waals surface area (Å²) in [5.41, 5.74) is 8.41. The molecule has 4 fully saturated rings. The van der Waals surface area contributed by atoms with Gasteiger partial charge in [0.2, 0.25) is 20.0 Å². The number of benzene rings is 8. The number of carboxylic acids is 4. The van der Waals surface area contributed by atoms with Crippen molar-refractivity contribution in [3.05, 3.63) is 238 Å². The zero-order valence-corrected chi connectivity index (χ0v) is 72.1. The van der Waals surface area contributed by atoms with E-state index in [9.17, 15) is 75.6 Å². The normalized spacial score (nSPS) is 16.8. The van der Waals surface area contributed by atoms with Gasteiger partial charge in [0, 0.05) is 85.2 Å². The van der Waals surface area contributed by atoms with E-state index in [1.807, 2.05) is 60.7 Å². The number of anilines is 6. The Kier molecular flexibility index (Phi) is 34.5. The van der Waals surface area contributed by atoms with Gasteiger partial charge in [-0.1, -0.05) is 98.8 Å². The number of carbonyl (C=O) groups excluding carboxylic acids is 6. The van der Waals surface area contributed by atoms with Crippen LogP contribution in [0.5, 0.6) is 0 Å². The van der Waals surface area contributed by atoms with Crippen LogP contribution in [0.2, 0.25) is 0 Å². The van der Waals surface area contributed by atoms with Gasteiger partial charge in [-0.05, 0) is 246 Å². The Morgan fingerprint density at radius 2 is 0.713 bits per heavy atom. The first-order valence-corrected chi connectivity index (χ1v) is 41.2. The maximum absolute atomic E-state index is 13.9. The van der Waals surface area contributed by atoms with Crippen molar-refractivity contribution in [1.82, 2.24) is 8.61 Å². The molecule has 2 saturated carbocycles. The summed E-state index contributed by atoms with van der Waals surface area (Å²) in [5.74, 6) is -7.11. The maximum Gasteiger partial charge on any atom is 1.00 e. The van der Waals surface area contributed by atoms with E-state index in [-0.39, 0.29) is 166 Å². The van der Waals surface area contributed by atoms with E-state index in [4.69, 9.17) is 0 Å². The fourth-order valence-corrected chi connectivity index (χ4v) is 18.7. The van der Waals surface area contributed by atoms with E-state index in [2.05, 4.69) is 31.1 Å². The van der Waals surface area contributed by atoms with Crippen molar-refractivity contribution in [1.29, 1.82) is 0 Å². The Morgan fingerprint density at radius 1 is 0.400 bits per heavy atom. The molecule has 4 amide bonds. The minimum Gasteiger partial charge on any atom is -0.545 e. The molecule has 2 heterocycles. The molecule has 25 nitrogen and oxygen atoms in total. The van der Waals surface area contributed by atoms with Gasteiger partial charge in [0.25, 0.3) is 23.6 Å². The molecule has 0 aromatic heterocycles. The number of amides is 4. The molecule has 4 aliphatic rings. The number of carbonyl (C=O) groups is 8. The number of piperidine rings is 2. The number of aryl methyl sites for hydroxylation is 4. The molecular formula is C86H96KN8NaO17S2. The second-order valence-corrected chi connectivity index (χ2v) is 32.7. The summed E-state index contributed by atoms with van der Waals surface area (Å²) in [7, 11) is -8.01. The quantitative estimate of drug-likeness (QED) is 0.0345. The topological polar surface area (TPSA) is 384 Å².